The highest BCUT2D eigenvalue weighted by Gasteiger charge is 2.14. The van der Waals surface area contributed by atoms with Crippen LogP contribution in [0.5, 0.6) is 0 Å². The van der Waals surface area contributed by atoms with Crippen LogP contribution in [0.3, 0.4) is 0 Å². The molecule has 0 fully saturated rings. The van der Waals surface area contributed by atoms with E-state index in [1.165, 1.54) is 6.08 Å². The lowest BCUT2D eigenvalue weighted by Gasteiger charge is -1.98. The van der Waals surface area contributed by atoms with Gasteiger partial charge in [0.15, 0.2) is 5.78 Å². The lowest BCUT2D eigenvalue weighted by atomic mass is 10.1. The maximum Gasteiger partial charge on any atom is 0.372 e. The van der Waals surface area contributed by atoms with E-state index in [-0.39, 0.29) is 0 Å². The van der Waals surface area contributed by atoms with Gasteiger partial charge in [-0.05, 0) is 32.1 Å². The first-order chi connectivity index (χ1) is 10.9. The largest absolute Gasteiger partial charge is 0.475 e. The summed E-state index contributed by atoms with van der Waals surface area (Å²) in [6, 6.07) is 7.75. The average Bonchev–Trinajstić information content (AvgIpc) is 2.82. The van der Waals surface area contributed by atoms with Crippen LogP contribution in [-0.4, -0.2) is 27.2 Å². The Hall–Kier alpha value is -2.95. The molecule has 0 spiro atoms. The van der Waals surface area contributed by atoms with Gasteiger partial charge in [0.25, 0.3) is 0 Å². The predicted octanol–water partition coefficient (Wildman–Crippen LogP) is 3.15. The zero-order valence-corrected chi connectivity index (χ0v) is 12.9. The Morgan fingerprint density at radius 3 is 2.52 bits per heavy atom. The fourth-order valence-corrected chi connectivity index (χ4v) is 2.23. The second-order valence-corrected chi connectivity index (χ2v) is 5.42. The Bertz CT molecular complexity index is 836. The van der Waals surface area contributed by atoms with Crippen molar-refractivity contribution in [1.29, 1.82) is 0 Å². The fourth-order valence-electron chi connectivity index (χ4n) is 2.23. The van der Waals surface area contributed by atoms with E-state index in [0.29, 0.717) is 0 Å². The van der Waals surface area contributed by atoms with Gasteiger partial charge in [-0.3, -0.25) is 9.59 Å². The smallest absolute Gasteiger partial charge is 0.372 e. The Balaban J connectivity index is 2.32. The van der Waals surface area contributed by atoms with E-state index in [1.807, 2.05) is 55.1 Å². The van der Waals surface area contributed by atoms with Crippen molar-refractivity contribution in [3.8, 4) is 0 Å². The summed E-state index contributed by atoms with van der Waals surface area (Å²) in [4.78, 5) is 33.2. The number of nitrogens with zero attached hydrogens (tertiary/aromatic N) is 1. The van der Waals surface area contributed by atoms with Crippen molar-refractivity contribution in [2.24, 2.45) is 0 Å². The van der Waals surface area contributed by atoms with Crippen LogP contribution in [0.1, 0.15) is 25.8 Å². The molecule has 1 heterocycles. The molecule has 0 radical (unpaired) electrons. The first-order valence-corrected chi connectivity index (χ1v) is 7.10. The number of hydrogen-bond donors (Lipinski definition) is 1. The topological polar surface area (TPSA) is 76.4 Å². The van der Waals surface area contributed by atoms with Crippen LogP contribution >= 0.6 is 0 Å². The van der Waals surface area contributed by atoms with Crippen molar-refractivity contribution in [2.45, 2.75) is 20.3 Å². The summed E-state index contributed by atoms with van der Waals surface area (Å²) in [5, 5.41) is 9.48. The SMILES string of the molecule is CC(C)=Cn1cc(/C=C/C(=O)CC(=O)C(=O)O)c2ccccc21. The molecule has 0 aliphatic heterocycles. The monoisotopic (exact) mass is 311 g/mol. The summed E-state index contributed by atoms with van der Waals surface area (Å²) >= 11 is 0. The number of hydrogen-bond acceptors (Lipinski definition) is 3. The van der Waals surface area contributed by atoms with Gasteiger partial charge in [0.05, 0.1) is 11.9 Å². The van der Waals surface area contributed by atoms with Crippen LogP contribution in [0.2, 0.25) is 0 Å². The molecule has 1 N–H and O–H groups in total. The van der Waals surface area contributed by atoms with Crippen LogP contribution in [0.25, 0.3) is 23.2 Å². The number of carboxylic acids is 1. The fraction of sp³-hybridized carbons (Fsp3) is 0.167. The molecule has 0 aliphatic carbocycles. The maximum absolute atomic E-state index is 11.7. The van der Waals surface area contributed by atoms with Gasteiger partial charge in [-0.15, -0.1) is 0 Å². The van der Waals surface area contributed by atoms with Crippen LogP contribution in [-0.2, 0) is 14.4 Å². The summed E-state index contributed by atoms with van der Waals surface area (Å²) in [6.07, 6.45) is 6.10. The highest BCUT2D eigenvalue weighted by molar-refractivity contribution is 6.37. The number of rotatable bonds is 6. The summed E-state index contributed by atoms with van der Waals surface area (Å²) in [5.41, 5.74) is 2.96. The summed E-state index contributed by atoms with van der Waals surface area (Å²) in [6.45, 7) is 3.98. The molecule has 0 aliphatic rings. The predicted molar refractivity (Wildman–Crippen MR) is 88.9 cm³/mol. The molecule has 2 aromatic rings. The van der Waals surface area contributed by atoms with Crippen LogP contribution < -0.4 is 0 Å². The van der Waals surface area contributed by atoms with Crippen molar-refractivity contribution < 1.29 is 19.5 Å². The van der Waals surface area contributed by atoms with Gasteiger partial charge in [0.2, 0.25) is 5.78 Å². The molecule has 5 nitrogen and oxygen atoms in total. The number of aromatic nitrogens is 1. The third kappa shape index (κ3) is 4.03. The number of allylic oxidation sites excluding steroid dienone is 2. The molecule has 23 heavy (non-hydrogen) atoms. The third-order valence-electron chi connectivity index (χ3n) is 3.19. The molecular formula is C18H17NO4. The summed E-state index contributed by atoms with van der Waals surface area (Å²) in [5.74, 6) is -3.23. The number of carbonyl (C=O) groups is 3. The Kier molecular flexibility index (Phi) is 4.91. The summed E-state index contributed by atoms with van der Waals surface area (Å²) < 4.78 is 1.97. The normalized spacial score (nSPS) is 10.9. The molecular weight excluding hydrogens is 294 g/mol. The van der Waals surface area contributed by atoms with E-state index >= 15 is 0 Å². The minimum atomic E-state index is -1.59. The molecule has 0 bridgehead atoms. The van der Waals surface area contributed by atoms with Gasteiger partial charge in [-0.2, -0.15) is 0 Å². The Morgan fingerprint density at radius 2 is 1.87 bits per heavy atom. The van der Waals surface area contributed by atoms with E-state index in [4.69, 9.17) is 5.11 Å². The molecule has 2 rings (SSSR count). The number of para-hydroxylation sites is 1. The van der Waals surface area contributed by atoms with Gasteiger partial charge in [0.1, 0.15) is 0 Å². The zero-order valence-electron chi connectivity index (χ0n) is 12.9. The van der Waals surface area contributed by atoms with Crippen LogP contribution in [0.15, 0.2) is 42.1 Å². The van der Waals surface area contributed by atoms with Crippen molar-refractivity contribution in [1.82, 2.24) is 4.57 Å². The number of fused-ring (bicyclic) bond motifs is 1. The van der Waals surface area contributed by atoms with Gasteiger partial charge in [-0.25, -0.2) is 4.79 Å². The van der Waals surface area contributed by atoms with Gasteiger partial charge >= 0.3 is 5.97 Å². The lowest BCUT2D eigenvalue weighted by Crippen LogP contribution is -2.15. The molecule has 5 heteroatoms. The Labute approximate surface area is 133 Å². The maximum atomic E-state index is 11.7. The molecule has 1 aromatic carbocycles. The highest BCUT2D eigenvalue weighted by atomic mass is 16.4. The van der Waals surface area contributed by atoms with E-state index in [2.05, 4.69) is 0 Å². The summed E-state index contributed by atoms with van der Waals surface area (Å²) in [7, 11) is 0. The van der Waals surface area contributed by atoms with Gasteiger partial charge in [-0.1, -0.05) is 23.8 Å². The third-order valence-corrected chi connectivity index (χ3v) is 3.19. The minimum absolute atomic E-state index is 0.531. The molecule has 0 saturated heterocycles. The first kappa shape index (κ1) is 16.4. The standard InChI is InChI=1S/C18H17NO4/c1-12(2)10-19-11-13(15-5-3-4-6-16(15)19)7-8-14(20)9-17(21)18(22)23/h3-8,10-11H,9H2,1-2H3,(H,22,23)/b8-7+. The van der Waals surface area contributed by atoms with Crippen molar-refractivity contribution >= 4 is 40.7 Å². The second-order valence-electron chi connectivity index (χ2n) is 5.42. The van der Waals surface area contributed by atoms with Gasteiger partial charge < -0.3 is 9.67 Å². The van der Waals surface area contributed by atoms with Crippen molar-refractivity contribution in [3.05, 3.63) is 47.7 Å². The average molecular weight is 311 g/mol. The van der Waals surface area contributed by atoms with Crippen LogP contribution in [0.4, 0.5) is 0 Å². The quantitative estimate of drug-likeness (QED) is 0.505. The number of Topliss-reactive ketones (excluding diaryl/α,β-unsaturated/α-hetero) is 1. The molecule has 1 aromatic heterocycles. The van der Waals surface area contributed by atoms with E-state index < -0.39 is 24.0 Å². The number of aliphatic carboxylic acids is 1. The number of benzene rings is 1. The molecule has 118 valence electrons. The van der Waals surface area contributed by atoms with E-state index in [1.54, 1.807) is 6.08 Å². The molecule has 0 unspecified atom stereocenters. The minimum Gasteiger partial charge on any atom is -0.475 e. The van der Waals surface area contributed by atoms with Crippen LogP contribution in [0, 0.1) is 0 Å². The van der Waals surface area contributed by atoms with Crippen molar-refractivity contribution in [3.63, 3.8) is 0 Å². The second kappa shape index (κ2) is 6.87. The lowest BCUT2D eigenvalue weighted by molar-refractivity contribution is -0.149. The number of ketones is 2. The number of carbonyl (C=O) groups excluding carboxylic acids is 2. The molecule has 0 saturated carbocycles. The van der Waals surface area contributed by atoms with Crippen molar-refractivity contribution in [2.75, 3.05) is 0 Å². The van der Waals surface area contributed by atoms with E-state index in [9.17, 15) is 14.4 Å². The first-order valence-electron chi connectivity index (χ1n) is 7.10. The Morgan fingerprint density at radius 1 is 1.17 bits per heavy atom. The zero-order chi connectivity index (χ0) is 17.0. The molecule has 0 atom stereocenters. The highest BCUT2D eigenvalue weighted by Crippen LogP contribution is 2.23. The van der Waals surface area contributed by atoms with Gasteiger partial charge in [0, 0.05) is 23.3 Å². The van der Waals surface area contributed by atoms with E-state index in [0.717, 1.165) is 22.0 Å². The number of carboxylic acid groups (broad SMARTS) is 1. The molecule has 0 amide bonds.